The Morgan fingerprint density at radius 1 is 1.26 bits per heavy atom. The number of benzene rings is 1. The Morgan fingerprint density at radius 3 is 2.61 bits per heavy atom. The van der Waals surface area contributed by atoms with E-state index in [4.69, 9.17) is 33.9 Å². The molecule has 3 nitrogen and oxygen atoms in total. The van der Waals surface area contributed by atoms with Crippen LogP contribution in [0.15, 0.2) is 35.3 Å². The summed E-state index contributed by atoms with van der Waals surface area (Å²) in [5.74, 6) is 0.403. The zero-order valence-electron chi connectivity index (χ0n) is 12.5. The maximum atomic E-state index is 11.4. The monoisotopic (exact) mass is 391 g/mol. The molecule has 2 aliphatic rings. The number of likely N-dealkylation sites (N-methyl/N-ethyl adjacent to an activating group) is 1. The quantitative estimate of drug-likeness (QED) is 0.693. The minimum absolute atomic E-state index is 0.170. The summed E-state index contributed by atoms with van der Waals surface area (Å²) >= 11 is 12.5. The van der Waals surface area contributed by atoms with E-state index in [1.165, 1.54) is 0 Å². The summed E-state index contributed by atoms with van der Waals surface area (Å²) in [6, 6.07) is 3.75. The Kier molecular flexibility index (Phi) is 4.83. The molecule has 0 saturated carbocycles. The molecule has 0 aromatic heterocycles. The number of halogens is 3. The molecule has 1 aliphatic carbocycles. The average Bonchev–Trinajstić information content (AvgIpc) is 2.47. The number of fused-ring (bicyclic) bond motifs is 1. The van der Waals surface area contributed by atoms with Crippen LogP contribution in [0.25, 0.3) is 0 Å². The van der Waals surface area contributed by atoms with Crippen molar-refractivity contribution in [3.8, 4) is 0 Å². The van der Waals surface area contributed by atoms with Crippen LogP contribution in [0.5, 0.6) is 0 Å². The molecule has 2 unspecified atom stereocenters. The van der Waals surface area contributed by atoms with Gasteiger partial charge in [0.05, 0.1) is 4.91 Å². The van der Waals surface area contributed by atoms with Crippen molar-refractivity contribution < 1.29 is 8.42 Å². The van der Waals surface area contributed by atoms with Gasteiger partial charge in [0.25, 0.3) is 9.05 Å². The molecular formula is C16H16Cl3NO2S. The first-order chi connectivity index (χ1) is 10.8. The number of hydrogen-bond donors (Lipinski definition) is 0. The molecule has 1 heterocycles. The van der Waals surface area contributed by atoms with E-state index in [1.807, 2.05) is 12.1 Å². The van der Waals surface area contributed by atoms with E-state index in [0.29, 0.717) is 16.5 Å². The zero-order valence-corrected chi connectivity index (χ0v) is 15.6. The lowest BCUT2D eigenvalue weighted by Crippen LogP contribution is -2.34. The van der Waals surface area contributed by atoms with Gasteiger partial charge in [-0.15, -0.1) is 0 Å². The topological polar surface area (TPSA) is 37.4 Å². The molecule has 0 saturated heterocycles. The lowest BCUT2D eigenvalue weighted by atomic mass is 9.78. The molecule has 23 heavy (non-hydrogen) atoms. The van der Waals surface area contributed by atoms with Gasteiger partial charge in [0.15, 0.2) is 0 Å². The lowest BCUT2D eigenvalue weighted by Gasteiger charge is -2.37. The van der Waals surface area contributed by atoms with Crippen molar-refractivity contribution in [2.24, 2.45) is 5.92 Å². The van der Waals surface area contributed by atoms with E-state index < -0.39 is 9.05 Å². The summed E-state index contributed by atoms with van der Waals surface area (Å²) in [7, 11) is 3.78. The smallest absolute Gasteiger partial charge is 0.260 e. The summed E-state index contributed by atoms with van der Waals surface area (Å²) in [6.07, 6.45) is 5.84. The Balaban J connectivity index is 1.94. The molecule has 0 radical (unpaired) electrons. The first-order valence-corrected chi connectivity index (χ1v) is 10.3. The standard InChI is InChI=1S/C16H16Cl3NO2S/c1-20-8-14(10-2-4-12(5-3-10)23(19,21)22)13-6-11(17)7-16(18)15(13)9-20/h2,4-7,10,14H,3,8-9H2,1H3. The molecule has 0 N–H and O–H groups in total. The summed E-state index contributed by atoms with van der Waals surface area (Å²) in [5, 5.41) is 1.31. The third kappa shape index (κ3) is 3.62. The van der Waals surface area contributed by atoms with E-state index in [2.05, 4.69) is 11.9 Å². The fourth-order valence-corrected chi connectivity index (χ4v) is 4.80. The van der Waals surface area contributed by atoms with Crippen LogP contribution < -0.4 is 0 Å². The van der Waals surface area contributed by atoms with Gasteiger partial charge in [-0.3, -0.25) is 0 Å². The Hall–Kier alpha value is -0.520. The predicted molar refractivity (Wildman–Crippen MR) is 95.6 cm³/mol. The summed E-state index contributed by atoms with van der Waals surface area (Å²) in [4.78, 5) is 2.39. The van der Waals surface area contributed by atoms with Crippen molar-refractivity contribution in [1.82, 2.24) is 4.90 Å². The average molecular weight is 393 g/mol. The highest BCUT2D eigenvalue weighted by Gasteiger charge is 2.31. The molecule has 2 atom stereocenters. The van der Waals surface area contributed by atoms with E-state index in [0.717, 1.165) is 24.2 Å². The van der Waals surface area contributed by atoms with Gasteiger partial charge in [0, 0.05) is 39.7 Å². The molecule has 0 spiro atoms. The molecule has 124 valence electrons. The number of hydrogen-bond acceptors (Lipinski definition) is 3. The number of nitrogens with zero attached hydrogens (tertiary/aromatic N) is 1. The predicted octanol–water partition coefficient (Wildman–Crippen LogP) is 4.55. The Labute approximate surface area is 150 Å². The highest BCUT2D eigenvalue weighted by atomic mass is 35.7. The van der Waals surface area contributed by atoms with Crippen LogP contribution in [0.4, 0.5) is 0 Å². The Morgan fingerprint density at radius 2 is 2.00 bits per heavy atom. The minimum atomic E-state index is -3.67. The first-order valence-electron chi connectivity index (χ1n) is 7.25. The highest BCUT2D eigenvalue weighted by molar-refractivity contribution is 8.17. The van der Waals surface area contributed by atoms with Crippen LogP contribution in [0, 0.1) is 5.92 Å². The van der Waals surface area contributed by atoms with Crippen LogP contribution in [-0.4, -0.2) is 26.9 Å². The van der Waals surface area contributed by atoms with E-state index >= 15 is 0 Å². The summed E-state index contributed by atoms with van der Waals surface area (Å²) < 4.78 is 22.8. The van der Waals surface area contributed by atoms with Crippen LogP contribution >= 0.6 is 33.9 Å². The minimum Gasteiger partial charge on any atom is -0.301 e. The van der Waals surface area contributed by atoms with Gasteiger partial charge in [-0.2, -0.15) is 0 Å². The van der Waals surface area contributed by atoms with Gasteiger partial charge < -0.3 is 4.90 Å². The van der Waals surface area contributed by atoms with Gasteiger partial charge in [0.1, 0.15) is 0 Å². The van der Waals surface area contributed by atoms with E-state index in [-0.39, 0.29) is 16.7 Å². The van der Waals surface area contributed by atoms with Crippen molar-refractivity contribution >= 4 is 42.9 Å². The molecule has 0 bridgehead atoms. The molecule has 1 aromatic rings. The van der Waals surface area contributed by atoms with Crippen LogP contribution in [0.3, 0.4) is 0 Å². The summed E-state index contributed by atoms with van der Waals surface area (Å²) in [5.41, 5.74) is 2.25. The van der Waals surface area contributed by atoms with Gasteiger partial charge >= 0.3 is 0 Å². The maximum absolute atomic E-state index is 11.4. The van der Waals surface area contributed by atoms with Crippen molar-refractivity contribution in [3.63, 3.8) is 0 Å². The number of allylic oxidation sites excluding steroid dienone is 3. The van der Waals surface area contributed by atoms with Gasteiger partial charge in [-0.25, -0.2) is 8.42 Å². The van der Waals surface area contributed by atoms with Crippen molar-refractivity contribution in [1.29, 1.82) is 0 Å². The lowest BCUT2D eigenvalue weighted by molar-refractivity contribution is 0.255. The van der Waals surface area contributed by atoms with E-state index in [1.54, 1.807) is 18.2 Å². The summed E-state index contributed by atoms with van der Waals surface area (Å²) in [6.45, 7) is 1.66. The van der Waals surface area contributed by atoms with Crippen molar-refractivity contribution in [3.05, 3.63) is 56.4 Å². The molecule has 0 fully saturated rings. The van der Waals surface area contributed by atoms with Gasteiger partial charge in [-0.1, -0.05) is 35.4 Å². The number of rotatable bonds is 2. The largest absolute Gasteiger partial charge is 0.301 e. The maximum Gasteiger partial charge on any atom is 0.260 e. The first kappa shape index (κ1) is 17.3. The van der Waals surface area contributed by atoms with Gasteiger partial charge in [0.2, 0.25) is 0 Å². The normalized spacial score (nSPS) is 25.1. The van der Waals surface area contributed by atoms with Crippen molar-refractivity contribution in [2.45, 2.75) is 18.9 Å². The molecular weight excluding hydrogens is 377 g/mol. The fourth-order valence-electron chi connectivity index (χ4n) is 3.35. The van der Waals surface area contributed by atoms with Crippen LogP contribution in [0.1, 0.15) is 23.5 Å². The molecule has 7 heteroatoms. The fraction of sp³-hybridized carbons (Fsp3) is 0.375. The molecule has 3 rings (SSSR count). The third-order valence-corrected chi connectivity index (χ3v) is 6.38. The molecule has 1 aromatic carbocycles. The Bertz CT molecular complexity index is 802. The SMILES string of the molecule is CN1Cc2c(Cl)cc(Cl)cc2C(C2C=CC(S(=O)(=O)Cl)=CC2)C1. The second kappa shape index (κ2) is 6.41. The van der Waals surface area contributed by atoms with E-state index in [9.17, 15) is 8.42 Å². The molecule has 1 aliphatic heterocycles. The van der Waals surface area contributed by atoms with Crippen LogP contribution in [-0.2, 0) is 15.6 Å². The third-order valence-electron chi connectivity index (χ3n) is 4.43. The van der Waals surface area contributed by atoms with Crippen LogP contribution in [0.2, 0.25) is 10.0 Å². The molecule has 0 amide bonds. The van der Waals surface area contributed by atoms with Gasteiger partial charge in [-0.05, 0) is 48.7 Å². The highest BCUT2D eigenvalue weighted by Crippen LogP contribution is 2.41. The van der Waals surface area contributed by atoms with Crippen molar-refractivity contribution in [2.75, 3.05) is 13.6 Å². The zero-order chi connectivity index (χ0) is 16.8. The second-order valence-electron chi connectivity index (χ2n) is 6.06. The second-order valence-corrected chi connectivity index (χ2v) is 9.47.